The van der Waals surface area contributed by atoms with Crippen LogP contribution in [0.15, 0.2) is 41.2 Å². The van der Waals surface area contributed by atoms with Crippen LogP contribution in [-0.2, 0) is 4.74 Å². The van der Waals surface area contributed by atoms with Gasteiger partial charge in [0.25, 0.3) is 5.56 Å². The van der Waals surface area contributed by atoms with E-state index < -0.39 is 11.5 Å². The maximum Gasteiger partial charge on any atom is 0.339 e. The van der Waals surface area contributed by atoms with Crippen molar-refractivity contribution >= 4 is 5.97 Å². The summed E-state index contributed by atoms with van der Waals surface area (Å²) in [5, 5.41) is 9.38. The summed E-state index contributed by atoms with van der Waals surface area (Å²) >= 11 is 0. The summed E-state index contributed by atoms with van der Waals surface area (Å²) in [7, 11) is 1.28. The fourth-order valence-electron chi connectivity index (χ4n) is 1.95. The Kier molecular flexibility index (Phi) is 3.37. The number of esters is 1. The third-order valence-electron chi connectivity index (χ3n) is 2.75. The number of nitrogens with zero attached hydrogens (tertiary/aromatic N) is 1. The van der Waals surface area contributed by atoms with E-state index in [1.165, 1.54) is 17.7 Å². The summed E-state index contributed by atoms with van der Waals surface area (Å²) in [4.78, 5) is 23.7. The molecular weight excluding hydrogens is 246 g/mol. The first-order valence-electron chi connectivity index (χ1n) is 5.65. The fourth-order valence-corrected chi connectivity index (χ4v) is 1.95. The highest BCUT2D eigenvalue weighted by Crippen LogP contribution is 2.17. The molecule has 0 fully saturated rings. The molecule has 2 rings (SSSR count). The van der Waals surface area contributed by atoms with Gasteiger partial charge in [-0.05, 0) is 25.1 Å². The highest BCUT2D eigenvalue weighted by atomic mass is 16.5. The number of methoxy groups -OCH3 is 1. The topological polar surface area (TPSA) is 68.5 Å². The monoisotopic (exact) mass is 259 g/mol. The lowest BCUT2D eigenvalue weighted by Crippen LogP contribution is -2.21. The predicted molar refractivity (Wildman–Crippen MR) is 69.8 cm³/mol. The van der Waals surface area contributed by atoms with Crippen LogP contribution in [0.5, 0.6) is 5.75 Å². The number of hydrogen-bond donors (Lipinski definition) is 1. The average Bonchev–Trinajstić information content (AvgIpc) is 2.37. The molecule has 2 aromatic rings. The van der Waals surface area contributed by atoms with Crippen molar-refractivity contribution in [3.05, 3.63) is 58.0 Å². The van der Waals surface area contributed by atoms with Crippen molar-refractivity contribution in [2.75, 3.05) is 7.11 Å². The summed E-state index contributed by atoms with van der Waals surface area (Å²) < 4.78 is 6.05. The molecule has 98 valence electrons. The van der Waals surface area contributed by atoms with Crippen molar-refractivity contribution in [2.24, 2.45) is 0 Å². The van der Waals surface area contributed by atoms with Crippen LogP contribution >= 0.6 is 0 Å². The minimum absolute atomic E-state index is 0.103. The van der Waals surface area contributed by atoms with Crippen LogP contribution in [0.3, 0.4) is 0 Å². The van der Waals surface area contributed by atoms with E-state index in [1.54, 1.807) is 31.2 Å². The number of ether oxygens (including phenoxy) is 1. The van der Waals surface area contributed by atoms with Gasteiger partial charge in [-0.15, -0.1) is 0 Å². The van der Waals surface area contributed by atoms with Gasteiger partial charge in [0.05, 0.1) is 18.4 Å². The minimum Gasteiger partial charge on any atom is -0.508 e. The molecule has 0 atom stereocenters. The van der Waals surface area contributed by atoms with Gasteiger partial charge in [0.1, 0.15) is 5.75 Å². The molecule has 0 bridgehead atoms. The first-order chi connectivity index (χ1) is 9.04. The molecule has 0 unspecified atom stereocenters. The second-order valence-corrected chi connectivity index (χ2v) is 4.04. The second kappa shape index (κ2) is 4.97. The SMILES string of the molecule is COC(=O)c1ccccc1-n1c(C)cc(O)cc1=O. The minimum atomic E-state index is -0.519. The number of para-hydroxylation sites is 1. The van der Waals surface area contributed by atoms with Crippen molar-refractivity contribution in [3.8, 4) is 11.4 Å². The van der Waals surface area contributed by atoms with Gasteiger partial charge >= 0.3 is 5.97 Å². The maximum atomic E-state index is 12.0. The normalized spacial score (nSPS) is 10.2. The molecule has 0 spiro atoms. The van der Waals surface area contributed by atoms with E-state index in [0.29, 0.717) is 16.9 Å². The number of carbonyl (C=O) groups is 1. The van der Waals surface area contributed by atoms with E-state index in [1.807, 2.05) is 0 Å². The van der Waals surface area contributed by atoms with E-state index in [2.05, 4.69) is 0 Å². The highest BCUT2D eigenvalue weighted by molar-refractivity contribution is 5.93. The number of pyridine rings is 1. The zero-order chi connectivity index (χ0) is 14.0. The lowest BCUT2D eigenvalue weighted by atomic mass is 10.1. The van der Waals surface area contributed by atoms with Crippen molar-refractivity contribution < 1.29 is 14.6 Å². The van der Waals surface area contributed by atoms with Crippen LogP contribution in [-0.4, -0.2) is 22.8 Å². The van der Waals surface area contributed by atoms with Crippen molar-refractivity contribution in [3.63, 3.8) is 0 Å². The number of aromatic nitrogens is 1. The molecule has 0 saturated heterocycles. The van der Waals surface area contributed by atoms with E-state index >= 15 is 0 Å². The lowest BCUT2D eigenvalue weighted by Gasteiger charge is -2.13. The van der Waals surface area contributed by atoms with Gasteiger partial charge in [-0.25, -0.2) is 4.79 Å². The lowest BCUT2D eigenvalue weighted by molar-refractivity contribution is 0.0600. The Labute approximate surface area is 109 Å². The van der Waals surface area contributed by atoms with E-state index in [4.69, 9.17) is 4.74 Å². The van der Waals surface area contributed by atoms with Gasteiger partial charge in [0, 0.05) is 11.8 Å². The van der Waals surface area contributed by atoms with Gasteiger partial charge in [-0.1, -0.05) is 12.1 Å². The molecule has 1 aromatic heterocycles. The number of aryl methyl sites for hydroxylation is 1. The number of carbonyl (C=O) groups excluding carboxylic acids is 1. The Morgan fingerprint density at radius 3 is 2.58 bits per heavy atom. The van der Waals surface area contributed by atoms with Crippen LogP contribution in [0.1, 0.15) is 16.1 Å². The largest absolute Gasteiger partial charge is 0.508 e. The molecule has 0 saturated carbocycles. The molecule has 1 aromatic carbocycles. The molecule has 5 heteroatoms. The molecule has 0 amide bonds. The number of hydrogen-bond acceptors (Lipinski definition) is 4. The summed E-state index contributed by atoms with van der Waals surface area (Å²) in [5.74, 6) is -0.621. The van der Waals surface area contributed by atoms with Crippen molar-refractivity contribution in [1.82, 2.24) is 4.57 Å². The van der Waals surface area contributed by atoms with Gasteiger partial charge in [-0.3, -0.25) is 9.36 Å². The summed E-state index contributed by atoms with van der Waals surface area (Å²) in [6.45, 7) is 1.68. The van der Waals surface area contributed by atoms with Crippen LogP contribution in [0, 0.1) is 6.92 Å². The molecular formula is C14H13NO4. The number of rotatable bonds is 2. The number of aromatic hydroxyl groups is 1. The van der Waals surface area contributed by atoms with Gasteiger partial charge in [0.15, 0.2) is 0 Å². The third kappa shape index (κ3) is 2.35. The predicted octanol–water partition coefficient (Wildman–Crippen LogP) is 1.64. The Morgan fingerprint density at radius 1 is 1.26 bits per heavy atom. The Bertz CT molecular complexity index is 688. The molecule has 0 aliphatic heterocycles. The number of benzene rings is 1. The smallest absolute Gasteiger partial charge is 0.339 e. The van der Waals surface area contributed by atoms with E-state index in [0.717, 1.165) is 6.07 Å². The molecule has 0 aliphatic carbocycles. The van der Waals surface area contributed by atoms with Gasteiger partial charge in [0.2, 0.25) is 0 Å². The zero-order valence-electron chi connectivity index (χ0n) is 10.6. The fraction of sp³-hybridized carbons (Fsp3) is 0.143. The zero-order valence-corrected chi connectivity index (χ0v) is 10.6. The first kappa shape index (κ1) is 12.9. The van der Waals surface area contributed by atoms with Crippen LogP contribution in [0.2, 0.25) is 0 Å². The average molecular weight is 259 g/mol. The van der Waals surface area contributed by atoms with Crippen molar-refractivity contribution in [2.45, 2.75) is 6.92 Å². The molecule has 0 aliphatic rings. The van der Waals surface area contributed by atoms with Crippen molar-refractivity contribution in [1.29, 1.82) is 0 Å². The third-order valence-corrected chi connectivity index (χ3v) is 2.75. The van der Waals surface area contributed by atoms with Gasteiger partial charge < -0.3 is 9.84 Å². The molecule has 19 heavy (non-hydrogen) atoms. The Hall–Kier alpha value is -2.56. The summed E-state index contributed by atoms with van der Waals surface area (Å²) in [6, 6.07) is 9.20. The van der Waals surface area contributed by atoms with E-state index in [-0.39, 0.29) is 5.75 Å². The van der Waals surface area contributed by atoms with Crippen LogP contribution < -0.4 is 5.56 Å². The van der Waals surface area contributed by atoms with Crippen LogP contribution in [0.4, 0.5) is 0 Å². The first-order valence-corrected chi connectivity index (χ1v) is 5.65. The Morgan fingerprint density at radius 2 is 1.95 bits per heavy atom. The van der Waals surface area contributed by atoms with Gasteiger partial charge in [-0.2, -0.15) is 0 Å². The molecule has 1 heterocycles. The standard InChI is InChI=1S/C14H13NO4/c1-9-7-10(16)8-13(17)15(9)12-6-4-3-5-11(12)14(18)19-2/h3-8,16H,1-2H3. The van der Waals surface area contributed by atoms with E-state index in [9.17, 15) is 14.7 Å². The van der Waals surface area contributed by atoms with Crippen LogP contribution in [0.25, 0.3) is 5.69 Å². The molecule has 1 N–H and O–H groups in total. The second-order valence-electron chi connectivity index (χ2n) is 4.04. The Balaban J connectivity index is 2.73. The molecule has 5 nitrogen and oxygen atoms in total. The molecule has 0 radical (unpaired) electrons. The quantitative estimate of drug-likeness (QED) is 0.832. The maximum absolute atomic E-state index is 12.0. The summed E-state index contributed by atoms with van der Waals surface area (Å²) in [6.07, 6.45) is 0. The highest BCUT2D eigenvalue weighted by Gasteiger charge is 2.15. The summed E-state index contributed by atoms with van der Waals surface area (Å²) in [5.41, 5.74) is 0.841.